The summed E-state index contributed by atoms with van der Waals surface area (Å²) in [5.41, 5.74) is 0.593. The van der Waals surface area contributed by atoms with Crippen LogP contribution in [0.25, 0.3) is 0 Å². The molecular weight excluding hydrogens is 303 g/mol. The number of benzene rings is 1. The fourth-order valence-electron chi connectivity index (χ4n) is 1.19. The predicted octanol–water partition coefficient (Wildman–Crippen LogP) is 3.18. The summed E-state index contributed by atoms with van der Waals surface area (Å²) < 4.78 is 6.37. The van der Waals surface area contributed by atoms with Crippen molar-refractivity contribution in [3.05, 3.63) is 33.4 Å². The van der Waals surface area contributed by atoms with E-state index in [-0.39, 0.29) is 5.97 Å². The lowest BCUT2D eigenvalue weighted by Crippen LogP contribution is -2.24. The van der Waals surface area contributed by atoms with Gasteiger partial charge in [0.15, 0.2) is 0 Å². The second-order valence-electron chi connectivity index (χ2n) is 4.39. The lowest BCUT2D eigenvalue weighted by atomic mass is 10.1. The molecule has 0 saturated carbocycles. The number of rotatable bonds is 2. The maximum absolute atomic E-state index is 11.5. The van der Waals surface area contributed by atoms with Crippen molar-refractivity contribution in [3.63, 3.8) is 0 Å². The lowest BCUT2D eigenvalue weighted by molar-refractivity contribution is -0.153. The van der Waals surface area contributed by atoms with Crippen LogP contribution in [0.3, 0.4) is 0 Å². The largest absolute Gasteiger partial charge is 0.460 e. The smallest absolute Gasteiger partial charge is 0.310 e. The van der Waals surface area contributed by atoms with Gasteiger partial charge in [0.05, 0.1) is 6.42 Å². The minimum atomic E-state index is -0.404. The summed E-state index contributed by atoms with van der Waals surface area (Å²) >= 11 is 2.23. The number of carbonyl (C=O) groups is 1. The molecule has 1 rings (SSSR count). The Hall–Kier alpha value is -0.580. The summed E-state index contributed by atoms with van der Waals surface area (Å²) in [5, 5.41) is 0. The zero-order chi connectivity index (χ0) is 11.5. The van der Waals surface area contributed by atoms with Gasteiger partial charge in [0.25, 0.3) is 0 Å². The highest BCUT2D eigenvalue weighted by atomic mass is 127. The molecule has 0 N–H and O–H groups in total. The molecule has 15 heavy (non-hydrogen) atoms. The molecule has 82 valence electrons. The molecule has 1 aromatic rings. The van der Waals surface area contributed by atoms with E-state index >= 15 is 0 Å². The Balaban J connectivity index is 2.59. The fraction of sp³-hybridized carbons (Fsp3) is 0.417. The van der Waals surface area contributed by atoms with Gasteiger partial charge in [-0.15, -0.1) is 0 Å². The van der Waals surface area contributed by atoms with E-state index in [2.05, 4.69) is 22.6 Å². The number of carbonyl (C=O) groups excluding carboxylic acids is 1. The van der Waals surface area contributed by atoms with E-state index in [9.17, 15) is 4.79 Å². The highest BCUT2D eigenvalue weighted by Gasteiger charge is 2.16. The number of esters is 1. The Kier molecular flexibility index (Phi) is 4.13. The Morgan fingerprint density at radius 3 is 2.60 bits per heavy atom. The van der Waals surface area contributed by atoms with Crippen molar-refractivity contribution >= 4 is 28.6 Å². The quantitative estimate of drug-likeness (QED) is 0.618. The van der Waals surface area contributed by atoms with Gasteiger partial charge in [-0.05, 0) is 61.1 Å². The molecule has 0 amide bonds. The lowest BCUT2D eigenvalue weighted by Gasteiger charge is -2.19. The van der Waals surface area contributed by atoms with Crippen molar-refractivity contribution in [2.75, 3.05) is 0 Å². The third kappa shape index (κ3) is 5.16. The third-order valence-electron chi connectivity index (χ3n) is 1.66. The molecule has 0 saturated heterocycles. The molecule has 2 nitrogen and oxygen atoms in total. The van der Waals surface area contributed by atoms with Crippen LogP contribution >= 0.6 is 22.6 Å². The number of hydrogen-bond donors (Lipinski definition) is 0. The molecule has 0 aliphatic heterocycles. The van der Waals surface area contributed by atoms with E-state index in [1.807, 2.05) is 45.0 Å². The highest BCUT2D eigenvalue weighted by Crippen LogP contribution is 2.12. The van der Waals surface area contributed by atoms with Gasteiger partial charge in [-0.2, -0.15) is 0 Å². The Bertz CT molecular complexity index is 353. The van der Waals surface area contributed by atoms with E-state index in [1.165, 1.54) is 0 Å². The molecule has 0 aromatic heterocycles. The van der Waals surface area contributed by atoms with E-state index in [4.69, 9.17) is 4.74 Å². The number of hydrogen-bond acceptors (Lipinski definition) is 2. The summed E-state index contributed by atoms with van der Waals surface area (Å²) in [7, 11) is 0. The van der Waals surface area contributed by atoms with Gasteiger partial charge in [-0.25, -0.2) is 0 Å². The maximum Gasteiger partial charge on any atom is 0.310 e. The summed E-state index contributed by atoms with van der Waals surface area (Å²) in [5.74, 6) is -0.176. The van der Waals surface area contributed by atoms with Crippen molar-refractivity contribution in [2.45, 2.75) is 32.8 Å². The average molecular weight is 318 g/mol. The highest BCUT2D eigenvalue weighted by molar-refractivity contribution is 14.1. The SMILES string of the molecule is CC(C)(C)OC(=O)Cc1cccc(I)c1. The van der Waals surface area contributed by atoms with Crippen molar-refractivity contribution in [1.82, 2.24) is 0 Å². The van der Waals surface area contributed by atoms with Crippen LogP contribution in [0.1, 0.15) is 26.3 Å². The summed E-state index contributed by atoms with van der Waals surface area (Å²) in [6.07, 6.45) is 0.341. The van der Waals surface area contributed by atoms with E-state index < -0.39 is 5.60 Å². The summed E-state index contributed by atoms with van der Waals surface area (Å²) in [4.78, 5) is 11.5. The molecule has 0 radical (unpaired) electrons. The molecule has 0 spiro atoms. The Labute approximate surface area is 104 Å². The van der Waals surface area contributed by atoms with Crippen LogP contribution in [0, 0.1) is 3.57 Å². The predicted molar refractivity (Wildman–Crippen MR) is 68.7 cm³/mol. The first-order chi connectivity index (χ1) is 6.87. The number of ether oxygens (including phenoxy) is 1. The molecule has 0 fully saturated rings. The third-order valence-corrected chi connectivity index (χ3v) is 2.33. The van der Waals surface area contributed by atoms with E-state index in [0.29, 0.717) is 6.42 Å². The van der Waals surface area contributed by atoms with Crippen molar-refractivity contribution in [2.24, 2.45) is 0 Å². The topological polar surface area (TPSA) is 26.3 Å². The van der Waals surface area contributed by atoms with Crippen LogP contribution in [-0.2, 0) is 16.0 Å². The molecule has 0 unspecified atom stereocenters. The first-order valence-corrected chi connectivity index (χ1v) is 5.91. The Morgan fingerprint density at radius 2 is 2.07 bits per heavy atom. The van der Waals surface area contributed by atoms with Gasteiger partial charge >= 0.3 is 5.97 Å². The van der Waals surface area contributed by atoms with Gasteiger partial charge < -0.3 is 4.74 Å². The number of halogens is 1. The van der Waals surface area contributed by atoms with Crippen molar-refractivity contribution in [3.8, 4) is 0 Å². The van der Waals surface area contributed by atoms with Gasteiger partial charge in [0.1, 0.15) is 5.60 Å². The van der Waals surface area contributed by atoms with Crippen molar-refractivity contribution < 1.29 is 9.53 Å². The van der Waals surface area contributed by atoms with E-state index in [1.54, 1.807) is 0 Å². The molecule has 0 heterocycles. The second kappa shape index (κ2) is 4.96. The van der Waals surface area contributed by atoms with Crippen molar-refractivity contribution in [1.29, 1.82) is 0 Å². The van der Waals surface area contributed by atoms with E-state index in [0.717, 1.165) is 9.13 Å². The standard InChI is InChI=1S/C12H15IO2/c1-12(2,3)15-11(14)8-9-5-4-6-10(13)7-9/h4-7H,8H2,1-3H3. The van der Waals surface area contributed by atoms with Gasteiger partial charge in [0, 0.05) is 3.57 Å². The second-order valence-corrected chi connectivity index (χ2v) is 5.64. The van der Waals surface area contributed by atoms with Gasteiger partial charge in [-0.1, -0.05) is 12.1 Å². The normalized spacial score (nSPS) is 11.2. The molecule has 3 heteroatoms. The van der Waals surface area contributed by atoms with Crippen LogP contribution in [0.4, 0.5) is 0 Å². The average Bonchev–Trinajstić information content (AvgIpc) is 1.99. The molecule has 1 aromatic carbocycles. The minimum absolute atomic E-state index is 0.176. The summed E-state index contributed by atoms with van der Waals surface area (Å²) in [6, 6.07) is 7.87. The molecular formula is C12H15IO2. The molecule has 0 bridgehead atoms. The maximum atomic E-state index is 11.5. The molecule has 0 aliphatic carbocycles. The first-order valence-electron chi connectivity index (χ1n) is 4.83. The minimum Gasteiger partial charge on any atom is -0.460 e. The summed E-state index contributed by atoms with van der Waals surface area (Å²) in [6.45, 7) is 5.62. The fourth-order valence-corrected chi connectivity index (χ4v) is 1.80. The first kappa shape index (κ1) is 12.5. The Morgan fingerprint density at radius 1 is 1.40 bits per heavy atom. The van der Waals surface area contributed by atoms with Crippen LogP contribution in [0.2, 0.25) is 0 Å². The van der Waals surface area contributed by atoms with Crippen LogP contribution in [-0.4, -0.2) is 11.6 Å². The molecule has 0 aliphatic rings. The zero-order valence-electron chi connectivity index (χ0n) is 9.21. The van der Waals surface area contributed by atoms with Gasteiger partial charge in [0.2, 0.25) is 0 Å². The zero-order valence-corrected chi connectivity index (χ0v) is 11.4. The monoisotopic (exact) mass is 318 g/mol. The molecule has 0 atom stereocenters. The van der Waals surface area contributed by atoms with Crippen LogP contribution < -0.4 is 0 Å². The van der Waals surface area contributed by atoms with Crippen LogP contribution in [0.15, 0.2) is 24.3 Å². The van der Waals surface area contributed by atoms with Gasteiger partial charge in [-0.3, -0.25) is 4.79 Å². The van der Waals surface area contributed by atoms with Crippen LogP contribution in [0.5, 0.6) is 0 Å².